The lowest BCUT2D eigenvalue weighted by molar-refractivity contribution is 0.0884. The molecule has 21 heavy (non-hydrogen) atoms. The Morgan fingerprint density at radius 1 is 1.05 bits per heavy atom. The highest BCUT2D eigenvalue weighted by Gasteiger charge is 2.42. The largest absolute Gasteiger partial charge is 0.507 e. The molecule has 0 aliphatic carbocycles. The molecule has 0 atom stereocenters. The summed E-state index contributed by atoms with van der Waals surface area (Å²) in [6, 6.07) is 13.2. The zero-order valence-electron chi connectivity index (χ0n) is 10.8. The summed E-state index contributed by atoms with van der Waals surface area (Å²) in [7, 11) is -3.89. The van der Waals surface area contributed by atoms with Gasteiger partial charge in [-0.1, -0.05) is 24.3 Å². The number of carbonyl (C=O) groups excluding carboxylic acids is 1. The third-order valence-electron chi connectivity index (χ3n) is 3.10. The van der Waals surface area contributed by atoms with E-state index in [9.17, 15) is 18.3 Å². The molecule has 1 aliphatic rings. The predicted molar refractivity (Wildman–Crippen MR) is 78.6 cm³/mol. The first-order valence-corrected chi connectivity index (χ1v) is 8.51. The van der Waals surface area contributed by atoms with E-state index in [1.165, 1.54) is 30.0 Å². The summed E-state index contributed by atoms with van der Waals surface area (Å²) < 4.78 is 25.5. The van der Waals surface area contributed by atoms with Crippen LogP contribution in [0.4, 0.5) is 0 Å². The molecule has 0 aromatic heterocycles. The number of aromatic hydroxyl groups is 1. The number of benzene rings is 2. The number of hydrogen-bond acceptors (Lipinski definition) is 5. The van der Waals surface area contributed by atoms with Crippen molar-refractivity contribution >= 4 is 27.7 Å². The van der Waals surface area contributed by atoms with Crippen molar-refractivity contribution in [3.8, 4) is 5.75 Å². The fourth-order valence-corrected chi connectivity index (χ4v) is 4.77. The number of carbonyl (C=O) groups is 1. The Morgan fingerprint density at radius 3 is 2.43 bits per heavy atom. The molecule has 1 amide bonds. The van der Waals surface area contributed by atoms with Crippen LogP contribution in [0.5, 0.6) is 5.75 Å². The summed E-state index contributed by atoms with van der Waals surface area (Å²) in [5, 5.41) is 9.72. The van der Waals surface area contributed by atoms with Crippen LogP contribution < -0.4 is 0 Å². The SMILES string of the molecule is O=C1c2c(O)cccc2S(=O)(=O)N1CSc1ccccc1. The second-order valence-corrected chi connectivity index (χ2v) is 7.24. The minimum Gasteiger partial charge on any atom is -0.507 e. The molecular weight excluding hydrogens is 310 g/mol. The average Bonchev–Trinajstić information content (AvgIpc) is 2.66. The molecule has 5 nitrogen and oxygen atoms in total. The van der Waals surface area contributed by atoms with E-state index in [4.69, 9.17) is 0 Å². The Morgan fingerprint density at radius 2 is 1.76 bits per heavy atom. The molecule has 2 aromatic carbocycles. The summed E-state index contributed by atoms with van der Waals surface area (Å²) in [6.45, 7) is 0. The van der Waals surface area contributed by atoms with Crippen molar-refractivity contribution in [3.05, 3.63) is 54.1 Å². The topological polar surface area (TPSA) is 74.7 Å². The van der Waals surface area contributed by atoms with E-state index in [0.717, 1.165) is 9.20 Å². The molecule has 0 spiro atoms. The molecule has 1 aliphatic heterocycles. The van der Waals surface area contributed by atoms with E-state index in [1.54, 1.807) is 0 Å². The zero-order valence-corrected chi connectivity index (χ0v) is 12.4. The van der Waals surface area contributed by atoms with E-state index in [2.05, 4.69) is 0 Å². The summed E-state index contributed by atoms with van der Waals surface area (Å²) in [6.07, 6.45) is 0. The molecule has 7 heteroatoms. The van der Waals surface area contributed by atoms with Crippen LogP contribution in [0.2, 0.25) is 0 Å². The number of thioether (sulfide) groups is 1. The molecule has 2 aromatic rings. The molecule has 3 rings (SSSR count). The van der Waals surface area contributed by atoms with Crippen molar-refractivity contribution in [3.63, 3.8) is 0 Å². The molecule has 0 bridgehead atoms. The number of phenolic OH excluding ortho intramolecular Hbond substituents is 1. The fourth-order valence-electron chi connectivity index (χ4n) is 2.08. The summed E-state index contributed by atoms with van der Waals surface area (Å²) in [5.41, 5.74) is -0.147. The molecule has 0 saturated heterocycles. The Kier molecular flexibility index (Phi) is 3.38. The molecule has 0 fully saturated rings. The van der Waals surface area contributed by atoms with Gasteiger partial charge in [-0.05, 0) is 24.3 Å². The molecule has 0 unspecified atom stereocenters. The highest BCUT2D eigenvalue weighted by Crippen LogP contribution is 2.37. The van der Waals surface area contributed by atoms with Gasteiger partial charge in [-0.15, -0.1) is 11.8 Å². The first-order chi connectivity index (χ1) is 10.0. The minimum atomic E-state index is -3.89. The van der Waals surface area contributed by atoms with Gasteiger partial charge in [0, 0.05) is 4.90 Å². The van der Waals surface area contributed by atoms with Crippen LogP contribution in [0, 0.1) is 0 Å². The number of nitrogens with zero attached hydrogens (tertiary/aromatic N) is 1. The van der Waals surface area contributed by atoms with Gasteiger partial charge in [0.2, 0.25) is 0 Å². The Hall–Kier alpha value is -1.99. The van der Waals surface area contributed by atoms with Crippen molar-refractivity contribution in [1.29, 1.82) is 0 Å². The number of sulfonamides is 1. The van der Waals surface area contributed by atoms with E-state index in [-0.39, 0.29) is 22.1 Å². The predicted octanol–water partition coefficient (Wildman–Crippen LogP) is 2.29. The van der Waals surface area contributed by atoms with Crippen LogP contribution in [0.15, 0.2) is 58.3 Å². The van der Waals surface area contributed by atoms with Gasteiger partial charge in [0.1, 0.15) is 16.2 Å². The van der Waals surface area contributed by atoms with Crippen LogP contribution >= 0.6 is 11.8 Å². The van der Waals surface area contributed by atoms with E-state index >= 15 is 0 Å². The monoisotopic (exact) mass is 321 g/mol. The Balaban J connectivity index is 1.92. The zero-order chi connectivity index (χ0) is 15.0. The lowest BCUT2D eigenvalue weighted by Gasteiger charge is -2.14. The Labute approximate surface area is 126 Å². The van der Waals surface area contributed by atoms with Gasteiger partial charge in [-0.2, -0.15) is 0 Å². The highest BCUT2D eigenvalue weighted by atomic mass is 32.2. The van der Waals surface area contributed by atoms with Crippen molar-refractivity contribution < 1.29 is 18.3 Å². The molecular formula is C14H11NO4S2. The van der Waals surface area contributed by atoms with Crippen molar-refractivity contribution in [2.24, 2.45) is 0 Å². The van der Waals surface area contributed by atoms with Crippen LogP contribution in [0.1, 0.15) is 10.4 Å². The average molecular weight is 321 g/mol. The van der Waals surface area contributed by atoms with E-state index in [1.807, 2.05) is 30.3 Å². The van der Waals surface area contributed by atoms with Crippen LogP contribution in [0.3, 0.4) is 0 Å². The van der Waals surface area contributed by atoms with Crippen LogP contribution in [0.25, 0.3) is 0 Å². The normalized spacial score (nSPS) is 16.0. The number of rotatable bonds is 3. The van der Waals surface area contributed by atoms with Crippen molar-refractivity contribution in [2.75, 3.05) is 5.88 Å². The molecule has 1 heterocycles. The van der Waals surface area contributed by atoms with Gasteiger partial charge >= 0.3 is 0 Å². The van der Waals surface area contributed by atoms with E-state index < -0.39 is 15.9 Å². The number of fused-ring (bicyclic) bond motifs is 1. The smallest absolute Gasteiger partial charge is 0.273 e. The second kappa shape index (κ2) is 5.09. The maximum Gasteiger partial charge on any atom is 0.273 e. The number of phenols is 1. The first kappa shape index (κ1) is 14.0. The lowest BCUT2D eigenvalue weighted by Crippen LogP contribution is -2.29. The van der Waals surface area contributed by atoms with Gasteiger partial charge in [0.15, 0.2) is 0 Å². The van der Waals surface area contributed by atoms with Gasteiger partial charge < -0.3 is 5.11 Å². The third-order valence-corrected chi connectivity index (χ3v) is 6.03. The van der Waals surface area contributed by atoms with Gasteiger partial charge in [0.25, 0.3) is 15.9 Å². The van der Waals surface area contributed by atoms with Crippen molar-refractivity contribution in [2.45, 2.75) is 9.79 Å². The van der Waals surface area contributed by atoms with Crippen LogP contribution in [-0.4, -0.2) is 29.6 Å². The second-order valence-electron chi connectivity index (χ2n) is 4.40. The molecule has 0 radical (unpaired) electrons. The summed E-state index contributed by atoms with van der Waals surface area (Å²) >= 11 is 1.24. The minimum absolute atomic E-state index is 0.0285. The highest BCUT2D eigenvalue weighted by molar-refractivity contribution is 8.00. The molecule has 0 saturated carbocycles. The molecule has 108 valence electrons. The summed E-state index contributed by atoms with van der Waals surface area (Å²) in [4.78, 5) is 13.0. The lowest BCUT2D eigenvalue weighted by atomic mass is 10.2. The van der Waals surface area contributed by atoms with Gasteiger partial charge in [0.05, 0.1) is 5.88 Å². The van der Waals surface area contributed by atoms with E-state index in [0.29, 0.717) is 0 Å². The van der Waals surface area contributed by atoms with Gasteiger partial charge in [-0.25, -0.2) is 12.7 Å². The number of hydrogen-bond donors (Lipinski definition) is 1. The third kappa shape index (κ3) is 2.28. The summed E-state index contributed by atoms with van der Waals surface area (Å²) in [5.74, 6) is -1.03. The Bertz CT molecular complexity index is 803. The van der Waals surface area contributed by atoms with Gasteiger partial charge in [-0.3, -0.25) is 4.79 Å². The first-order valence-electron chi connectivity index (χ1n) is 6.09. The number of amides is 1. The quantitative estimate of drug-likeness (QED) is 0.878. The maximum absolute atomic E-state index is 12.3. The molecule has 1 N–H and O–H groups in total. The fraction of sp³-hybridized carbons (Fsp3) is 0.0714. The maximum atomic E-state index is 12.3. The van der Waals surface area contributed by atoms with Crippen molar-refractivity contribution in [1.82, 2.24) is 4.31 Å². The van der Waals surface area contributed by atoms with Crippen LogP contribution in [-0.2, 0) is 10.0 Å². The standard InChI is InChI=1S/C14H11NO4S2/c16-11-7-4-8-12-13(11)14(17)15(21(12,18)19)9-20-10-5-2-1-3-6-10/h1-8,16H,9H2.